The second kappa shape index (κ2) is 6.74. The van der Waals surface area contributed by atoms with E-state index in [1.54, 1.807) is 13.2 Å². The average Bonchev–Trinajstić information content (AvgIpc) is 2.38. The number of rotatable bonds is 5. The van der Waals surface area contributed by atoms with Crippen molar-refractivity contribution in [1.82, 2.24) is 0 Å². The first-order valence-electron chi connectivity index (χ1n) is 5.86. The predicted octanol–water partition coefficient (Wildman–Crippen LogP) is 4.40. The number of ether oxygens (including phenoxy) is 1. The van der Waals surface area contributed by atoms with Gasteiger partial charge in [-0.3, -0.25) is 0 Å². The lowest BCUT2D eigenvalue weighted by Crippen LogP contribution is -1.92. The summed E-state index contributed by atoms with van der Waals surface area (Å²) in [7, 11) is 1.71. The lowest BCUT2D eigenvalue weighted by Gasteiger charge is -2.09. The average molecular weight is 228 g/mol. The van der Waals surface area contributed by atoms with Gasteiger partial charge in [-0.05, 0) is 42.2 Å². The molecule has 1 nitrogen and oxygen atoms in total. The molecule has 90 valence electrons. The summed E-state index contributed by atoms with van der Waals surface area (Å²) in [6, 6.07) is 6.31. The second-order valence-corrected chi connectivity index (χ2v) is 3.85. The van der Waals surface area contributed by atoms with Crippen LogP contribution in [0.4, 0.5) is 0 Å². The van der Waals surface area contributed by atoms with Gasteiger partial charge in [-0.25, -0.2) is 0 Å². The van der Waals surface area contributed by atoms with E-state index in [4.69, 9.17) is 4.74 Å². The Kier molecular flexibility index (Phi) is 5.28. The van der Waals surface area contributed by atoms with Gasteiger partial charge in [0.25, 0.3) is 0 Å². The van der Waals surface area contributed by atoms with Gasteiger partial charge in [-0.2, -0.15) is 0 Å². The van der Waals surface area contributed by atoms with Gasteiger partial charge in [0.15, 0.2) is 0 Å². The molecule has 0 amide bonds. The van der Waals surface area contributed by atoms with Gasteiger partial charge in [0.1, 0.15) is 5.75 Å². The van der Waals surface area contributed by atoms with E-state index in [1.807, 2.05) is 18.2 Å². The highest BCUT2D eigenvalue weighted by molar-refractivity contribution is 5.66. The molecule has 0 radical (unpaired) electrons. The molecule has 0 unspecified atom stereocenters. The third kappa shape index (κ3) is 3.63. The highest BCUT2D eigenvalue weighted by Gasteiger charge is 2.03. The van der Waals surface area contributed by atoms with Crippen molar-refractivity contribution >= 4 is 5.57 Å². The second-order valence-electron chi connectivity index (χ2n) is 3.85. The Morgan fingerprint density at radius 1 is 1.35 bits per heavy atom. The number of hydrogen-bond acceptors (Lipinski definition) is 1. The van der Waals surface area contributed by atoms with Gasteiger partial charge in [0.2, 0.25) is 0 Å². The summed E-state index contributed by atoms with van der Waals surface area (Å²) in [6.07, 6.45) is 8.76. The third-order valence-electron chi connectivity index (χ3n) is 2.71. The molecule has 1 rings (SSSR count). The van der Waals surface area contributed by atoms with Gasteiger partial charge >= 0.3 is 0 Å². The highest BCUT2D eigenvalue weighted by atomic mass is 16.5. The molecule has 0 N–H and O–H groups in total. The van der Waals surface area contributed by atoms with Crippen molar-refractivity contribution < 1.29 is 4.74 Å². The fourth-order valence-electron chi connectivity index (χ4n) is 1.67. The maximum Gasteiger partial charge on any atom is 0.122 e. The zero-order valence-corrected chi connectivity index (χ0v) is 10.9. The predicted molar refractivity (Wildman–Crippen MR) is 75.4 cm³/mol. The topological polar surface area (TPSA) is 9.23 Å². The van der Waals surface area contributed by atoms with Crippen LogP contribution in [-0.4, -0.2) is 7.11 Å². The SMILES string of the molecule is C=C/C=C\C=C(/C)c1ccc(OC)c(CC)c1. The van der Waals surface area contributed by atoms with Crippen LogP contribution in [0.3, 0.4) is 0 Å². The standard InChI is InChI=1S/C16H20O/c1-5-7-8-9-13(3)15-10-11-16(17-4)14(6-2)12-15/h5,7-12H,1,6H2,2-4H3/b8-7-,13-9+. The highest BCUT2D eigenvalue weighted by Crippen LogP contribution is 2.24. The number of aryl methyl sites for hydroxylation is 1. The molecule has 0 aliphatic rings. The number of hydrogen-bond donors (Lipinski definition) is 0. The van der Waals surface area contributed by atoms with E-state index in [1.165, 1.54) is 16.7 Å². The Balaban J connectivity index is 3.03. The van der Waals surface area contributed by atoms with Gasteiger partial charge in [-0.1, -0.05) is 43.9 Å². The van der Waals surface area contributed by atoms with Crippen LogP contribution < -0.4 is 4.74 Å². The van der Waals surface area contributed by atoms with E-state index in [9.17, 15) is 0 Å². The zero-order valence-electron chi connectivity index (χ0n) is 10.9. The molecular formula is C16H20O. The summed E-state index contributed by atoms with van der Waals surface area (Å²) in [5.74, 6) is 0.964. The summed E-state index contributed by atoms with van der Waals surface area (Å²) in [4.78, 5) is 0. The summed E-state index contributed by atoms with van der Waals surface area (Å²) >= 11 is 0. The number of allylic oxidation sites excluding steroid dienone is 5. The van der Waals surface area contributed by atoms with E-state index in [0.717, 1.165) is 12.2 Å². The minimum atomic E-state index is 0.964. The number of benzene rings is 1. The fourth-order valence-corrected chi connectivity index (χ4v) is 1.67. The Hall–Kier alpha value is -1.76. The molecule has 0 aliphatic carbocycles. The Morgan fingerprint density at radius 3 is 2.71 bits per heavy atom. The van der Waals surface area contributed by atoms with Gasteiger partial charge in [0.05, 0.1) is 7.11 Å². The monoisotopic (exact) mass is 228 g/mol. The lowest BCUT2D eigenvalue weighted by molar-refractivity contribution is 0.410. The minimum Gasteiger partial charge on any atom is -0.496 e. The van der Waals surface area contributed by atoms with Gasteiger partial charge in [-0.15, -0.1) is 0 Å². The van der Waals surface area contributed by atoms with Crippen LogP contribution in [0.2, 0.25) is 0 Å². The molecule has 0 aromatic heterocycles. The Morgan fingerprint density at radius 2 is 2.12 bits per heavy atom. The van der Waals surface area contributed by atoms with Gasteiger partial charge in [0, 0.05) is 0 Å². The van der Waals surface area contributed by atoms with E-state index in [-0.39, 0.29) is 0 Å². The Labute approximate surface area is 104 Å². The van der Waals surface area contributed by atoms with Crippen LogP contribution in [0.5, 0.6) is 5.75 Å². The van der Waals surface area contributed by atoms with Crippen LogP contribution >= 0.6 is 0 Å². The molecule has 0 atom stereocenters. The molecule has 0 spiro atoms. The van der Waals surface area contributed by atoms with Crippen molar-refractivity contribution in [2.24, 2.45) is 0 Å². The largest absolute Gasteiger partial charge is 0.496 e. The zero-order chi connectivity index (χ0) is 12.7. The van der Waals surface area contributed by atoms with E-state index < -0.39 is 0 Å². The van der Waals surface area contributed by atoms with E-state index in [2.05, 4.69) is 38.6 Å². The van der Waals surface area contributed by atoms with Crippen molar-refractivity contribution in [2.75, 3.05) is 7.11 Å². The Bertz CT molecular complexity index is 439. The van der Waals surface area contributed by atoms with Gasteiger partial charge < -0.3 is 4.74 Å². The van der Waals surface area contributed by atoms with Crippen molar-refractivity contribution in [2.45, 2.75) is 20.3 Å². The maximum atomic E-state index is 5.32. The van der Waals surface area contributed by atoms with E-state index in [0.29, 0.717) is 0 Å². The number of methoxy groups -OCH3 is 1. The molecule has 0 fully saturated rings. The molecular weight excluding hydrogens is 208 g/mol. The van der Waals surface area contributed by atoms with Crippen LogP contribution in [0, 0.1) is 0 Å². The summed E-state index contributed by atoms with van der Waals surface area (Å²) in [5, 5.41) is 0. The summed E-state index contributed by atoms with van der Waals surface area (Å²) in [6.45, 7) is 7.89. The van der Waals surface area contributed by atoms with Crippen molar-refractivity contribution in [1.29, 1.82) is 0 Å². The molecule has 1 aromatic rings. The smallest absolute Gasteiger partial charge is 0.122 e. The van der Waals surface area contributed by atoms with Crippen LogP contribution in [0.15, 0.2) is 49.1 Å². The minimum absolute atomic E-state index is 0.964. The van der Waals surface area contributed by atoms with E-state index >= 15 is 0 Å². The first-order chi connectivity index (χ1) is 8.22. The third-order valence-corrected chi connectivity index (χ3v) is 2.71. The fraction of sp³-hybridized carbons (Fsp3) is 0.250. The summed E-state index contributed by atoms with van der Waals surface area (Å²) < 4.78 is 5.32. The van der Waals surface area contributed by atoms with Crippen LogP contribution in [-0.2, 0) is 6.42 Å². The molecule has 0 heterocycles. The first kappa shape index (κ1) is 13.3. The molecule has 1 heteroatoms. The molecule has 1 aromatic carbocycles. The molecule has 0 aliphatic heterocycles. The van der Waals surface area contributed by atoms with Crippen molar-refractivity contribution in [3.63, 3.8) is 0 Å². The normalized spacial score (nSPS) is 11.8. The summed E-state index contributed by atoms with van der Waals surface area (Å²) in [5.41, 5.74) is 3.71. The van der Waals surface area contributed by atoms with Crippen molar-refractivity contribution in [3.05, 3.63) is 60.2 Å². The molecule has 0 saturated heterocycles. The van der Waals surface area contributed by atoms with Crippen LogP contribution in [0.1, 0.15) is 25.0 Å². The lowest BCUT2D eigenvalue weighted by atomic mass is 10.0. The molecule has 0 saturated carbocycles. The first-order valence-corrected chi connectivity index (χ1v) is 5.86. The molecule has 17 heavy (non-hydrogen) atoms. The maximum absolute atomic E-state index is 5.32. The quantitative estimate of drug-likeness (QED) is 0.678. The van der Waals surface area contributed by atoms with Crippen molar-refractivity contribution in [3.8, 4) is 5.75 Å². The van der Waals surface area contributed by atoms with Crippen LogP contribution in [0.25, 0.3) is 5.57 Å². The molecule has 0 bridgehead atoms.